The van der Waals surface area contributed by atoms with Gasteiger partial charge in [0.05, 0.1) is 32.5 Å². The van der Waals surface area contributed by atoms with E-state index >= 15 is 0 Å². The highest BCUT2D eigenvalue weighted by atomic mass is 35.5. The molecule has 0 unspecified atom stereocenters. The molecule has 0 spiro atoms. The van der Waals surface area contributed by atoms with Gasteiger partial charge in [0, 0.05) is 23.7 Å². The van der Waals surface area contributed by atoms with Gasteiger partial charge in [0.15, 0.2) is 11.5 Å². The Morgan fingerprint density at radius 3 is 2.46 bits per heavy atom. The molecule has 2 rings (SSSR count). The van der Waals surface area contributed by atoms with Crippen molar-refractivity contribution in [3.8, 4) is 23.0 Å². The maximum Gasteiger partial charge on any atom is 0.251 e. The van der Waals surface area contributed by atoms with E-state index in [9.17, 15) is 4.79 Å². The van der Waals surface area contributed by atoms with Crippen LogP contribution in [0.15, 0.2) is 30.3 Å². The van der Waals surface area contributed by atoms with Gasteiger partial charge in [-0.3, -0.25) is 4.79 Å². The first-order valence-corrected chi connectivity index (χ1v) is 9.50. The van der Waals surface area contributed by atoms with E-state index in [4.69, 9.17) is 30.5 Å². The summed E-state index contributed by atoms with van der Waals surface area (Å²) in [5, 5.41) is 3.21. The second kappa shape index (κ2) is 10.7. The summed E-state index contributed by atoms with van der Waals surface area (Å²) in [5.41, 5.74) is 1.22. The first-order chi connectivity index (χ1) is 13.5. The smallest absolute Gasteiger partial charge is 0.251 e. The van der Waals surface area contributed by atoms with Gasteiger partial charge < -0.3 is 24.3 Å². The Kier molecular flexibility index (Phi) is 8.26. The van der Waals surface area contributed by atoms with E-state index in [1.54, 1.807) is 32.4 Å². The molecule has 152 valence electrons. The summed E-state index contributed by atoms with van der Waals surface area (Å²) >= 11 is 6.33. The molecule has 28 heavy (non-hydrogen) atoms. The van der Waals surface area contributed by atoms with Crippen molar-refractivity contribution in [3.63, 3.8) is 0 Å². The molecule has 7 heteroatoms. The van der Waals surface area contributed by atoms with Crippen LogP contribution in [0.4, 0.5) is 0 Å². The summed E-state index contributed by atoms with van der Waals surface area (Å²) < 4.78 is 21.8. The summed E-state index contributed by atoms with van der Waals surface area (Å²) in [6.45, 7) is 5.11. The van der Waals surface area contributed by atoms with Crippen molar-refractivity contribution in [1.29, 1.82) is 0 Å². The zero-order valence-electron chi connectivity index (χ0n) is 16.6. The lowest BCUT2D eigenvalue weighted by Gasteiger charge is -2.15. The minimum absolute atomic E-state index is 0.275. The number of halogens is 1. The van der Waals surface area contributed by atoms with Crippen LogP contribution in [0.2, 0.25) is 5.02 Å². The van der Waals surface area contributed by atoms with Crippen LogP contribution in [0, 0.1) is 0 Å². The number of carbonyl (C=O) groups excluding carboxylic acids is 1. The van der Waals surface area contributed by atoms with Gasteiger partial charge in [0.2, 0.25) is 0 Å². The zero-order valence-corrected chi connectivity index (χ0v) is 17.4. The minimum Gasteiger partial charge on any atom is -0.497 e. The first kappa shape index (κ1) is 21.7. The van der Waals surface area contributed by atoms with Crippen molar-refractivity contribution in [1.82, 2.24) is 5.32 Å². The molecule has 0 heterocycles. The van der Waals surface area contributed by atoms with Crippen LogP contribution in [-0.4, -0.2) is 33.3 Å². The molecule has 1 N–H and O–H groups in total. The molecule has 0 saturated heterocycles. The van der Waals surface area contributed by atoms with Crippen molar-refractivity contribution in [3.05, 3.63) is 46.5 Å². The van der Waals surface area contributed by atoms with Crippen molar-refractivity contribution >= 4 is 17.5 Å². The van der Waals surface area contributed by atoms with Gasteiger partial charge in [-0.2, -0.15) is 0 Å². The molecule has 0 fully saturated rings. The van der Waals surface area contributed by atoms with Gasteiger partial charge >= 0.3 is 0 Å². The van der Waals surface area contributed by atoms with Crippen molar-refractivity contribution in [2.45, 2.75) is 26.8 Å². The normalized spacial score (nSPS) is 10.3. The van der Waals surface area contributed by atoms with E-state index in [0.29, 0.717) is 53.3 Å². The molecule has 2 aromatic rings. The van der Waals surface area contributed by atoms with E-state index in [-0.39, 0.29) is 5.91 Å². The molecule has 0 aliphatic rings. The lowest BCUT2D eigenvalue weighted by atomic mass is 10.1. The van der Waals surface area contributed by atoms with Crippen molar-refractivity contribution < 1.29 is 23.7 Å². The maximum absolute atomic E-state index is 12.6. The number of amides is 1. The first-order valence-electron chi connectivity index (χ1n) is 9.12. The zero-order chi connectivity index (χ0) is 20.5. The lowest BCUT2D eigenvalue weighted by molar-refractivity contribution is 0.0950. The standard InChI is InChI=1S/C21H26ClNO5/c1-5-9-28-20-17(22)10-15(11-19(20)27-6-2)21(24)23-13-14-7-8-16(25-3)12-18(14)26-4/h7-8,10-12H,5-6,9,13H2,1-4H3,(H,23,24). The predicted molar refractivity (Wildman–Crippen MR) is 109 cm³/mol. The molecule has 0 bridgehead atoms. The number of carbonyl (C=O) groups is 1. The van der Waals surface area contributed by atoms with Crippen LogP contribution < -0.4 is 24.3 Å². The summed E-state index contributed by atoms with van der Waals surface area (Å²) in [6.07, 6.45) is 0.841. The Balaban J connectivity index is 2.18. The highest BCUT2D eigenvalue weighted by Crippen LogP contribution is 2.37. The van der Waals surface area contributed by atoms with Crippen LogP contribution >= 0.6 is 11.6 Å². The fourth-order valence-corrected chi connectivity index (χ4v) is 2.85. The van der Waals surface area contributed by atoms with Gasteiger partial charge in [-0.1, -0.05) is 18.5 Å². The molecule has 0 aliphatic carbocycles. The number of nitrogens with one attached hydrogen (secondary N) is 1. The van der Waals surface area contributed by atoms with E-state index in [2.05, 4.69) is 5.32 Å². The molecule has 0 saturated carbocycles. The monoisotopic (exact) mass is 407 g/mol. The number of ether oxygens (including phenoxy) is 4. The van der Waals surface area contributed by atoms with Crippen LogP contribution in [-0.2, 0) is 6.54 Å². The van der Waals surface area contributed by atoms with E-state index in [0.717, 1.165) is 12.0 Å². The molecule has 0 aliphatic heterocycles. The minimum atomic E-state index is -0.275. The molecule has 2 aromatic carbocycles. The Bertz CT molecular complexity index is 810. The average Bonchev–Trinajstić information content (AvgIpc) is 2.71. The second-order valence-corrected chi connectivity index (χ2v) is 6.33. The summed E-state index contributed by atoms with van der Waals surface area (Å²) in [6, 6.07) is 8.65. The Morgan fingerprint density at radius 2 is 1.82 bits per heavy atom. The Hall–Kier alpha value is -2.60. The van der Waals surface area contributed by atoms with Crippen molar-refractivity contribution in [2.75, 3.05) is 27.4 Å². The van der Waals surface area contributed by atoms with E-state index in [1.807, 2.05) is 26.0 Å². The van der Waals surface area contributed by atoms with Gasteiger partial charge in [-0.05, 0) is 37.6 Å². The molecular formula is C21H26ClNO5. The number of hydrogen-bond donors (Lipinski definition) is 1. The summed E-state index contributed by atoms with van der Waals surface area (Å²) in [5.74, 6) is 1.95. The second-order valence-electron chi connectivity index (χ2n) is 5.93. The quantitative estimate of drug-likeness (QED) is 0.629. The highest BCUT2D eigenvalue weighted by molar-refractivity contribution is 6.32. The molecular weight excluding hydrogens is 382 g/mol. The van der Waals surface area contributed by atoms with Crippen LogP contribution in [0.5, 0.6) is 23.0 Å². The molecule has 1 amide bonds. The third-order valence-electron chi connectivity index (χ3n) is 3.96. The van der Waals surface area contributed by atoms with Crippen molar-refractivity contribution in [2.24, 2.45) is 0 Å². The molecule has 0 radical (unpaired) electrons. The molecule has 0 atom stereocenters. The van der Waals surface area contributed by atoms with Crippen LogP contribution in [0.3, 0.4) is 0 Å². The number of benzene rings is 2. The summed E-state index contributed by atoms with van der Waals surface area (Å²) in [4.78, 5) is 12.6. The molecule has 0 aromatic heterocycles. The number of hydrogen-bond acceptors (Lipinski definition) is 5. The van der Waals surface area contributed by atoms with Gasteiger partial charge in [0.25, 0.3) is 5.91 Å². The van der Waals surface area contributed by atoms with Gasteiger partial charge in [-0.15, -0.1) is 0 Å². The summed E-state index contributed by atoms with van der Waals surface area (Å²) in [7, 11) is 3.16. The van der Waals surface area contributed by atoms with Crippen LogP contribution in [0.1, 0.15) is 36.2 Å². The predicted octanol–water partition coefficient (Wildman–Crippen LogP) is 4.47. The van der Waals surface area contributed by atoms with E-state index < -0.39 is 0 Å². The fourth-order valence-electron chi connectivity index (χ4n) is 2.58. The molecule has 6 nitrogen and oxygen atoms in total. The van der Waals surface area contributed by atoms with Crippen LogP contribution in [0.25, 0.3) is 0 Å². The third-order valence-corrected chi connectivity index (χ3v) is 4.24. The SMILES string of the molecule is CCCOc1c(Cl)cc(C(=O)NCc2ccc(OC)cc2OC)cc1OCC. The maximum atomic E-state index is 12.6. The Morgan fingerprint density at radius 1 is 1.04 bits per heavy atom. The van der Waals surface area contributed by atoms with Gasteiger partial charge in [0.1, 0.15) is 11.5 Å². The fraction of sp³-hybridized carbons (Fsp3) is 0.381. The van der Waals surface area contributed by atoms with E-state index in [1.165, 1.54) is 0 Å². The van der Waals surface area contributed by atoms with Gasteiger partial charge in [-0.25, -0.2) is 0 Å². The topological polar surface area (TPSA) is 66.0 Å². The number of methoxy groups -OCH3 is 2. The largest absolute Gasteiger partial charge is 0.497 e. The highest BCUT2D eigenvalue weighted by Gasteiger charge is 2.17. The Labute approximate surface area is 170 Å². The third kappa shape index (κ3) is 5.45. The average molecular weight is 408 g/mol. The lowest BCUT2D eigenvalue weighted by Crippen LogP contribution is -2.23. The number of rotatable bonds is 10.